The van der Waals surface area contributed by atoms with E-state index in [0.717, 1.165) is 0 Å². The number of ether oxygens (including phenoxy) is 2. The maximum atomic E-state index is 13.0. The Labute approximate surface area is 193 Å². The summed E-state index contributed by atoms with van der Waals surface area (Å²) in [6.45, 7) is 3.66. The van der Waals surface area contributed by atoms with Crippen molar-refractivity contribution in [1.29, 1.82) is 0 Å². The molecule has 2 saturated heterocycles. The number of carbonyl (C=O) groups is 3. The van der Waals surface area contributed by atoms with Gasteiger partial charge in [0.05, 0.1) is 38.4 Å². The summed E-state index contributed by atoms with van der Waals surface area (Å²) in [7, 11) is 3.10. The first-order valence-electron chi connectivity index (χ1n) is 11.1. The van der Waals surface area contributed by atoms with Crippen LogP contribution in [0.15, 0.2) is 23.6 Å². The smallest absolute Gasteiger partial charge is 0.246 e. The molecule has 3 atom stereocenters. The van der Waals surface area contributed by atoms with E-state index >= 15 is 0 Å². The molecule has 0 radical (unpaired) electrons. The third kappa shape index (κ3) is 5.82. The number of nitrogens with zero attached hydrogens (tertiary/aromatic N) is 3. The summed E-state index contributed by atoms with van der Waals surface area (Å²) in [5, 5.41) is 14.4. The van der Waals surface area contributed by atoms with Crippen LogP contribution < -0.4 is 16.5 Å². The van der Waals surface area contributed by atoms with Crippen LogP contribution >= 0.6 is 0 Å². The number of hydrogen-bond donors (Lipinski definition) is 4. The minimum Gasteiger partial charge on any atom is -0.494 e. The molecule has 184 valence electrons. The van der Waals surface area contributed by atoms with Gasteiger partial charge in [-0.1, -0.05) is 12.2 Å². The average molecular weight is 467 g/mol. The zero-order chi connectivity index (χ0) is 24.0. The average Bonchev–Trinajstić information content (AvgIpc) is 3.14. The molecule has 3 aliphatic rings. The van der Waals surface area contributed by atoms with E-state index in [0.29, 0.717) is 58.2 Å². The van der Waals surface area contributed by atoms with Gasteiger partial charge in [-0.25, -0.2) is 5.43 Å². The van der Waals surface area contributed by atoms with Gasteiger partial charge in [-0.2, -0.15) is 0 Å². The van der Waals surface area contributed by atoms with Gasteiger partial charge in [0.2, 0.25) is 23.6 Å². The molecule has 3 rings (SSSR count). The molecule has 12 nitrogen and oxygen atoms in total. The molecule has 0 saturated carbocycles. The number of nitrogens with two attached hydrogens (primary N) is 1. The van der Waals surface area contributed by atoms with E-state index in [4.69, 9.17) is 15.2 Å². The molecular weight excluding hydrogens is 432 g/mol. The highest BCUT2D eigenvalue weighted by Crippen LogP contribution is 2.22. The van der Waals surface area contributed by atoms with Crippen molar-refractivity contribution in [2.24, 2.45) is 11.7 Å². The Morgan fingerprint density at radius 2 is 1.73 bits per heavy atom. The number of nitrogens with one attached hydrogen (secondary N) is 2. The molecule has 3 amide bonds. The van der Waals surface area contributed by atoms with Crippen molar-refractivity contribution in [3.05, 3.63) is 23.6 Å². The minimum atomic E-state index is -1.02. The van der Waals surface area contributed by atoms with Gasteiger partial charge in [-0.05, 0) is 6.42 Å². The van der Waals surface area contributed by atoms with E-state index in [1.165, 1.54) is 12.1 Å². The zero-order valence-corrected chi connectivity index (χ0v) is 19.2. The van der Waals surface area contributed by atoms with Gasteiger partial charge in [0.25, 0.3) is 0 Å². The molecule has 2 fully saturated rings. The van der Waals surface area contributed by atoms with Gasteiger partial charge in [-0.3, -0.25) is 19.4 Å². The van der Waals surface area contributed by atoms with Crippen molar-refractivity contribution < 1.29 is 29.0 Å². The quantitative estimate of drug-likeness (QED) is 0.332. The Kier molecular flexibility index (Phi) is 8.67. The Bertz CT molecular complexity index is 790. The molecule has 12 heteroatoms. The highest BCUT2D eigenvalue weighted by molar-refractivity contribution is 5.90. The second-order valence-electron chi connectivity index (χ2n) is 8.16. The number of hydrogen-bond acceptors (Lipinski definition) is 9. The van der Waals surface area contributed by atoms with Gasteiger partial charge in [-0.15, -0.1) is 0 Å². The Morgan fingerprint density at radius 1 is 1.15 bits per heavy atom. The fourth-order valence-electron chi connectivity index (χ4n) is 4.08. The van der Waals surface area contributed by atoms with Crippen LogP contribution in [0.1, 0.15) is 6.42 Å². The highest BCUT2D eigenvalue weighted by Gasteiger charge is 2.37. The molecule has 0 aromatic rings. The van der Waals surface area contributed by atoms with Crippen LogP contribution in [-0.4, -0.2) is 116 Å². The van der Waals surface area contributed by atoms with Crippen molar-refractivity contribution in [2.75, 3.05) is 66.7 Å². The summed E-state index contributed by atoms with van der Waals surface area (Å²) < 4.78 is 10.6. The molecule has 3 unspecified atom stereocenters. The Hall–Kier alpha value is -2.67. The largest absolute Gasteiger partial charge is 0.494 e. The van der Waals surface area contributed by atoms with Crippen molar-refractivity contribution in [2.45, 2.75) is 18.5 Å². The van der Waals surface area contributed by atoms with Crippen LogP contribution in [-0.2, 0) is 23.9 Å². The summed E-state index contributed by atoms with van der Waals surface area (Å²) >= 11 is 0. The van der Waals surface area contributed by atoms with E-state index in [1.807, 2.05) is 0 Å². The van der Waals surface area contributed by atoms with Gasteiger partial charge in [0.15, 0.2) is 0 Å². The summed E-state index contributed by atoms with van der Waals surface area (Å²) in [5.74, 6) is -1.71. The fourth-order valence-corrected chi connectivity index (χ4v) is 4.08. The van der Waals surface area contributed by atoms with Crippen LogP contribution in [0.5, 0.6) is 0 Å². The first-order chi connectivity index (χ1) is 15.8. The van der Waals surface area contributed by atoms with Gasteiger partial charge < -0.3 is 35.4 Å². The zero-order valence-electron chi connectivity index (χ0n) is 19.2. The molecule has 33 heavy (non-hydrogen) atoms. The first kappa shape index (κ1) is 25.0. The van der Waals surface area contributed by atoms with Crippen LogP contribution in [0.25, 0.3) is 0 Å². The van der Waals surface area contributed by atoms with Crippen molar-refractivity contribution >= 4 is 17.7 Å². The SMILES string of the molecule is CNC(=O)C(CC=CC1=C(O)N(C)NC1C(=O)N1CCOCC1)C(N)C(=O)N1CCOCC1. The van der Waals surface area contributed by atoms with Crippen LogP contribution in [0, 0.1) is 5.92 Å². The monoisotopic (exact) mass is 466 g/mol. The number of aliphatic hydroxyl groups is 1. The third-order valence-electron chi connectivity index (χ3n) is 6.09. The molecule has 0 spiro atoms. The maximum absolute atomic E-state index is 13.0. The molecule has 0 aromatic heterocycles. The summed E-state index contributed by atoms with van der Waals surface area (Å²) in [5.41, 5.74) is 9.55. The lowest BCUT2D eigenvalue weighted by Crippen LogP contribution is -2.54. The minimum absolute atomic E-state index is 0.0805. The standard InChI is InChI=1S/C21H34N6O6/c1-23-18(28)14(16(22)20(30)26-6-10-32-11-7-26)4-3-5-15-17(24-25(2)19(15)29)21(31)27-8-12-33-13-9-27/h3,5,14,16-17,24,29H,4,6-13,22H2,1-2H3,(H,23,28). The molecule has 0 aliphatic carbocycles. The van der Waals surface area contributed by atoms with Crippen molar-refractivity contribution in [3.63, 3.8) is 0 Å². The maximum Gasteiger partial charge on any atom is 0.246 e. The van der Waals surface area contributed by atoms with Gasteiger partial charge in [0, 0.05) is 45.8 Å². The lowest BCUT2D eigenvalue weighted by molar-refractivity contribution is -0.141. The number of morpholine rings is 2. The summed E-state index contributed by atoms with van der Waals surface area (Å²) in [4.78, 5) is 41.6. The fraction of sp³-hybridized carbons (Fsp3) is 0.667. The molecule has 3 heterocycles. The topological polar surface area (TPSA) is 150 Å². The summed E-state index contributed by atoms with van der Waals surface area (Å²) in [6.07, 6.45) is 3.44. The Balaban J connectivity index is 1.70. The number of aliphatic hydroxyl groups excluding tert-OH is 1. The second kappa shape index (κ2) is 11.5. The molecular formula is C21H34N6O6. The molecule has 5 N–H and O–H groups in total. The number of amides is 3. The van der Waals surface area contributed by atoms with Gasteiger partial charge in [0.1, 0.15) is 6.04 Å². The Morgan fingerprint density at radius 3 is 2.30 bits per heavy atom. The second-order valence-corrected chi connectivity index (χ2v) is 8.16. The van der Waals surface area contributed by atoms with Gasteiger partial charge >= 0.3 is 0 Å². The number of rotatable bonds is 7. The normalized spacial score (nSPS) is 23.7. The third-order valence-corrected chi connectivity index (χ3v) is 6.09. The molecule has 3 aliphatic heterocycles. The highest BCUT2D eigenvalue weighted by atomic mass is 16.5. The van der Waals surface area contributed by atoms with E-state index in [-0.39, 0.29) is 30.0 Å². The van der Waals surface area contributed by atoms with Crippen LogP contribution in [0.3, 0.4) is 0 Å². The lowest BCUT2D eigenvalue weighted by Gasteiger charge is -2.31. The first-order valence-corrected chi connectivity index (χ1v) is 11.1. The van der Waals surface area contributed by atoms with Crippen molar-refractivity contribution in [1.82, 2.24) is 25.6 Å². The van der Waals surface area contributed by atoms with E-state index in [2.05, 4.69) is 10.7 Å². The lowest BCUT2D eigenvalue weighted by atomic mass is 9.93. The van der Waals surface area contributed by atoms with Crippen molar-refractivity contribution in [3.8, 4) is 0 Å². The number of carbonyl (C=O) groups excluding carboxylic acids is 3. The van der Waals surface area contributed by atoms with E-state index in [9.17, 15) is 19.5 Å². The van der Waals surface area contributed by atoms with E-state index < -0.39 is 18.0 Å². The number of allylic oxidation sites excluding steroid dienone is 1. The van der Waals surface area contributed by atoms with Crippen LogP contribution in [0.4, 0.5) is 0 Å². The number of hydrazine groups is 1. The molecule has 0 bridgehead atoms. The van der Waals surface area contributed by atoms with Crippen LogP contribution in [0.2, 0.25) is 0 Å². The predicted molar refractivity (Wildman–Crippen MR) is 118 cm³/mol. The molecule has 0 aromatic carbocycles. The predicted octanol–water partition coefficient (Wildman–Crippen LogP) is -2.07. The van der Waals surface area contributed by atoms with E-state index in [1.54, 1.807) is 29.0 Å². The summed E-state index contributed by atoms with van der Waals surface area (Å²) in [6, 6.07) is -1.78.